The van der Waals surface area contributed by atoms with Gasteiger partial charge in [0.2, 0.25) is 0 Å². The largest absolute Gasteiger partial charge is 0.480 e. The van der Waals surface area contributed by atoms with Gasteiger partial charge in [-0.05, 0) is 59.5 Å². The Morgan fingerprint density at radius 1 is 1.48 bits per heavy atom. The molecule has 114 valence electrons. The fraction of sp³-hybridized carbons (Fsp3) is 0.467. The Balaban J connectivity index is 2.27. The van der Waals surface area contributed by atoms with E-state index < -0.39 is 11.5 Å². The zero-order valence-corrected chi connectivity index (χ0v) is 14.6. The van der Waals surface area contributed by atoms with Crippen LogP contribution in [0.4, 0.5) is 0 Å². The molecule has 0 spiro atoms. The molecule has 1 aromatic carbocycles. The number of carboxylic acids is 1. The Bertz CT molecular complexity index is 578. The number of hydrogen-bond acceptors (Lipinski definition) is 2. The molecule has 2 unspecified atom stereocenters. The fourth-order valence-electron chi connectivity index (χ4n) is 2.87. The van der Waals surface area contributed by atoms with Gasteiger partial charge in [-0.3, -0.25) is 4.79 Å². The van der Waals surface area contributed by atoms with E-state index in [0.717, 1.165) is 16.4 Å². The van der Waals surface area contributed by atoms with E-state index in [1.54, 1.807) is 18.2 Å². The summed E-state index contributed by atoms with van der Waals surface area (Å²) in [5, 5.41) is 12.8. The van der Waals surface area contributed by atoms with Gasteiger partial charge in [-0.2, -0.15) is 0 Å². The van der Waals surface area contributed by atoms with E-state index in [-0.39, 0.29) is 11.8 Å². The summed E-state index contributed by atoms with van der Waals surface area (Å²) in [6, 6.07) is 5.02. The van der Waals surface area contributed by atoms with E-state index in [2.05, 4.69) is 5.32 Å². The molecule has 1 amide bonds. The van der Waals surface area contributed by atoms with Crippen LogP contribution in [0.2, 0.25) is 5.02 Å². The Morgan fingerprint density at radius 2 is 2.19 bits per heavy atom. The van der Waals surface area contributed by atoms with Gasteiger partial charge in [-0.1, -0.05) is 31.4 Å². The van der Waals surface area contributed by atoms with Gasteiger partial charge in [0.05, 0.1) is 5.56 Å². The first-order chi connectivity index (χ1) is 9.84. The quantitative estimate of drug-likeness (QED) is 0.731. The van der Waals surface area contributed by atoms with Gasteiger partial charge < -0.3 is 10.4 Å². The van der Waals surface area contributed by atoms with Crippen LogP contribution >= 0.6 is 34.2 Å². The lowest BCUT2D eigenvalue weighted by molar-refractivity contribution is -0.146. The van der Waals surface area contributed by atoms with E-state index >= 15 is 0 Å². The Hall–Kier alpha value is -0.820. The van der Waals surface area contributed by atoms with Crippen LogP contribution in [0.25, 0.3) is 0 Å². The number of aliphatic carboxylic acids is 1. The van der Waals surface area contributed by atoms with Crippen molar-refractivity contribution in [2.24, 2.45) is 5.92 Å². The van der Waals surface area contributed by atoms with Crippen molar-refractivity contribution in [3.63, 3.8) is 0 Å². The predicted octanol–water partition coefficient (Wildman–Crippen LogP) is 3.71. The fourth-order valence-corrected chi connectivity index (χ4v) is 3.62. The third-order valence-electron chi connectivity index (χ3n) is 3.93. The van der Waals surface area contributed by atoms with Crippen molar-refractivity contribution in [3.8, 4) is 0 Å². The molecule has 1 aromatic rings. The summed E-state index contributed by atoms with van der Waals surface area (Å²) in [5.74, 6) is -1.05. The van der Waals surface area contributed by atoms with Gasteiger partial charge in [0.1, 0.15) is 5.54 Å². The monoisotopic (exact) mass is 421 g/mol. The van der Waals surface area contributed by atoms with E-state index in [1.165, 1.54) is 0 Å². The minimum absolute atomic E-state index is 0.286. The highest BCUT2D eigenvalue weighted by molar-refractivity contribution is 14.1. The minimum Gasteiger partial charge on any atom is -0.480 e. The number of carboxylic acid groups (broad SMARTS) is 1. The second-order valence-electron chi connectivity index (χ2n) is 5.67. The zero-order chi connectivity index (χ0) is 15.6. The summed E-state index contributed by atoms with van der Waals surface area (Å²) in [5.41, 5.74) is -0.748. The van der Waals surface area contributed by atoms with Crippen molar-refractivity contribution < 1.29 is 14.7 Å². The van der Waals surface area contributed by atoms with Crippen LogP contribution in [0.3, 0.4) is 0 Å². The molecule has 2 rings (SSSR count). The summed E-state index contributed by atoms with van der Waals surface area (Å²) >= 11 is 7.97. The van der Waals surface area contributed by atoms with Crippen LogP contribution in [-0.4, -0.2) is 22.5 Å². The minimum atomic E-state index is -1.17. The average molecular weight is 422 g/mol. The SMILES string of the molecule is CC1CCCC(NC(=O)c2cc(Cl)ccc2I)(C(=O)O)C1. The van der Waals surface area contributed by atoms with Crippen LogP contribution < -0.4 is 5.32 Å². The van der Waals surface area contributed by atoms with Crippen molar-refractivity contribution in [3.05, 3.63) is 32.4 Å². The summed E-state index contributed by atoms with van der Waals surface area (Å²) in [6.07, 6.45) is 2.74. The number of amides is 1. The molecule has 0 aliphatic heterocycles. The second kappa shape index (κ2) is 6.52. The average Bonchev–Trinajstić information content (AvgIpc) is 2.41. The third kappa shape index (κ3) is 3.69. The van der Waals surface area contributed by atoms with Gasteiger partial charge in [0.15, 0.2) is 0 Å². The smallest absolute Gasteiger partial charge is 0.329 e. The number of hydrogen-bond donors (Lipinski definition) is 2. The van der Waals surface area contributed by atoms with Crippen molar-refractivity contribution in [2.45, 2.75) is 38.1 Å². The first kappa shape index (κ1) is 16.5. The molecule has 1 fully saturated rings. The van der Waals surface area contributed by atoms with Crippen LogP contribution in [0.15, 0.2) is 18.2 Å². The van der Waals surface area contributed by atoms with Crippen molar-refractivity contribution in [1.29, 1.82) is 0 Å². The molecule has 1 aliphatic carbocycles. The van der Waals surface area contributed by atoms with E-state index in [4.69, 9.17) is 11.6 Å². The number of carbonyl (C=O) groups is 2. The van der Waals surface area contributed by atoms with Crippen LogP contribution in [0.1, 0.15) is 43.0 Å². The number of rotatable bonds is 3. The third-order valence-corrected chi connectivity index (χ3v) is 5.11. The predicted molar refractivity (Wildman–Crippen MR) is 89.6 cm³/mol. The molecule has 2 atom stereocenters. The standard InChI is InChI=1S/C15H17ClINO3/c1-9-3-2-6-15(8-9,14(20)21)18-13(19)11-7-10(16)4-5-12(11)17/h4-5,7,9H,2-3,6,8H2,1H3,(H,18,19)(H,20,21). The molecule has 21 heavy (non-hydrogen) atoms. The lowest BCUT2D eigenvalue weighted by Crippen LogP contribution is -2.56. The molecule has 0 bridgehead atoms. The highest BCUT2D eigenvalue weighted by atomic mass is 127. The maximum absolute atomic E-state index is 12.5. The Morgan fingerprint density at radius 3 is 2.81 bits per heavy atom. The number of halogens is 2. The first-order valence-corrected chi connectivity index (χ1v) is 8.31. The normalized spacial score (nSPS) is 25.4. The van der Waals surface area contributed by atoms with Gasteiger partial charge in [-0.25, -0.2) is 4.79 Å². The molecule has 6 heteroatoms. The van der Waals surface area contributed by atoms with Crippen LogP contribution in [0.5, 0.6) is 0 Å². The van der Waals surface area contributed by atoms with Crippen molar-refractivity contribution in [1.82, 2.24) is 5.32 Å². The lowest BCUT2D eigenvalue weighted by atomic mass is 9.76. The van der Waals surface area contributed by atoms with Crippen molar-refractivity contribution in [2.75, 3.05) is 0 Å². The summed E-state index contributed by atoms with van der Waals surface area (Å²) in [6.45, 7) is 2.02. The molecule has 0 heterocycles. The molecule has 4 nitrogen and oxygen atoms in total. The molecule has 0 radical (unpaired) electrons. The van der Waals surface area contributed by atoms with Gasteiger partial charge in [0.25, 0.3) is 5.91 Å². The second-order valence-corrected chi connectivity index (χ2v) is 7.27. The first-order valence-electron chi connectivity index (χ1n) is 6.85. The number of benzene rings is 1. The maximum atomic E-state index is 12.5. The highest BCUT2D eigenvalue weighted by Crippen LogP contribution is 2.33. The van der Waals surface area contributed by atoms with Gasteiger partial charge in [-0.15, -0.1) is 0 Å². The highest BCUT2D eigenvalue weighted by Gasteiger charge is 2.43. The van der Waals surface area contributed by atoms with Crippen molar-refractivity contribution >= 4 is 46.1 Å². The van der Waals surface area contributed by atoms with E-state index in [0.29, 0.717) is 23.4 Å². The van der Waals surface area contributed by atoms with E-state index in [9.17, 15) is 14.7 Å². The molecule has 1 saturated carbocycles. The van der Waals surface area contributed by atoms with E-state index in [1.807, 2.05) is 29.5 Å². The summed E-state index contributed by atoms with van der Waals surface area (Å²) in [7, 11) is 0. The topological polar surface area (TPSA) is 66.4 Å². The number of carbonyl (C=O) groups excluding carboxylic acids is 1. The Labute approximate surface area is 142 Å². The molecule has 0 aromatic heterocycles. The maximum Gasteiger partial charge on any atom is 0.329 e. The summed E-state index contributed by atoms with van der Waals surface area (Å²) < 4.78 is 0.749. The molecular formula is C15H17ClINO3. The lowest BCUT2D eigenvalue weighted by Gasteiger charge is -2.37. The molecule has 1 aliphatic rings. The van der Waals surface area contributed by atoms with Gasteiger partial charge in [0, 0.05) is 8.59 Å². The molecular weight excluding hydrogens is 405 g/mol. The van der Waals surface area contributed by atoms with Crippen LogP contribution in [0, 0.1) is 9.49 Å². The Kier molecular flexibility index (Phi) is 5.14. The van der Waals surface area contributed by atoms with Gasteiger partial charge >= 0.3 is 5.97 Å². The van der Waals surface area contributed by atoms with Crippen LogP contribution in [-0.2, 0) is 4.79 Å². The molecule has 0 saturated heterocycles. The molecule has 2 N–H and O–H groups in total. The zero-order valence-electron chi connectivity index (χ0n) is 11.7. The number of nitrogens with one attached hydrogen (secondary N) is 1. The summed E-state index contributed by atoms with van der Waals surface area (Å²) in [4.78, 5) is 24.2.